The Bertz CT molecular complexity index is 1150. The van der Waals surface area contributed by atoms with E-state index in [0.29, 0.717) is 23.6 Å². The van der Waals surface area contributed by atoms with Crippen LogP contribution in [0.2, 0.25) is 0 Å². The highest BCUT2D eigenvalue weighted by Crippen LogP contribution is 2.39. The van der Waals surface area contributed by atoms with E-state index in [-0.39, 0.29) is 29.2 Å². The number of nitrogens with one attached hydrogen (secondary N) is 2. The predicted molar refractivity (Wildman–Crippen MR) is 143 cm³/mol. The van der Waals surface area contributed by atoms with Crippen LogP contribution in [0.25, 0.3) is 10.9 Å². The first-order valence-corrected chi connectivity index (χ1v) is 12.9. The van der Waals surface area contributed by atoms with Crippen LogP contribution in [0.4, 0.5) is 5.69 Å². The number of aromatic nitrogens is 1. The van der Waals surface area contributed by atoms with Crippen molar-refractivity contribution >= 4 is 46.1 Å². The number of thioether (sulfide) groups is 1. The van der Waals surface area contributed by atoms with Crippen LogP contribution < -0.4 is 11.1 Å². The number of fused-ring (bicyclic) bond motifs is 1. The van der Waals surface area contributed by atoms with Crippen LogP contribution in [-0.4, -0.2) is 52.2 Å². The Morgan fingerprint density at radius 1 is 1.36 bits per heavy atom. The van der Waals surface area contributed by atoms with E-state index in [4.69, 9.17) is 5.73 Å². The molecule has 2 amide bonds. The number of ether oxygens (including phenoxy) is 1. The summed E-state index contributed by atoms with van der Waals surface area (Å²) >= 11 is 1.47. The molecule has 10 heteroatoms. The smallest absolute Gasteiger partial charge is 0.302 e. The summed E-state index contributed by atoms with van der Waals surface area (Å²) in [5.74, 6) is -0.941. The molecule has 1 aromatic carbocycles. The summed E-state index contributed by atoms with van der Waals surface area (Å²) in [7, 11) is 0. The molecule has 1 fully saturated rings. The van der Waals surface area contributed by atoms with Gasteiger partial charge in [-0.1, -0.05) is 25.1 Å². The van der Waals surface area contributed by atoms with Crippen LogP contribution in [0, 0.1) is 17.2 Å². The lowest BCUT2D eigenvalue weighted by atomic mass is 10.1. The summed E-state index contributed by atoms with van der Waals surface area (Å²) < 4.78 is 4.40. The van der Waals surface area contributed by atoms with Gasteiger partial charge in [-0.2, -0.15) is 5.26 Å². The monoisotopic (exact) mass is 513 g/mol. The van der Waals surface area contributed by atoms with Gasteiger partial charge in [-0.3, -0.25) is 14.4 Å². The number of hydrogen-bond acceptors (Lipinski definition) is 7. The fourth-order valence-corrected chi connectivity index (χ4v) is 5.11. The summed E-state index contributed by atoms with van der Waals surface area (Å²) in [6, 6.07) is 7.83. The van der Waals surface area contributed by atoms with Gasteiger partial charge < -0.3 is 25.7 Å². The van der Waals surface area contributed by atoms with Gasteiger partial charge in [-0.25, -0.2) is 0 Å². The lowest BCUT2D eigenvalue weighted by Crippen LogP contribution is -2.36. The van der Waals surface area contributed by atoms with E-state index >= 15 is 0 Å². The summed E-state index contributed by atoms with van der Waals surface area (Å²) in [5.41, 5.74) is 7.55. The topological polar surface area (TPSA) is 141 Å². The predicted octanol–water partition coefficient (Wildman–Crippen LogP) is 4.38. The van der Waals surface area contributed by atoms with E-state index in [9.17, 15) is 19.6 Å². The first-order chi connectivity index (χ1) is 17.1. The molecule has 1 aromatic heterocycles. The van der Waals surface area contributed by atoms with Gasteiger partial charge >= 0.3 is 5.97 Å². The minimum absolute atomic E-state index is 0.00805. The van der Waals surface area contributed by atoms with Crippen LogP contribution in [0.5, 0.6) is 0 Å². The van der Waals surface area contributed by atoms with E-state index in [1.807, 2.05) is 43.0 Å². The second-order valence-electron chi connectivity index (χ2n) is 8.49. The summed E-state index contributed by atoms with van der Waals surface area (Å²) in [6.07, 6.45) is 5.43. The number of benzene rings is 1. The molecule has 2 heterocycles. The van der Waals surface area contributed by atoms with Crippen molar-refractivity contribution in [3.63, 3.8) is 0 Å². The molecule has 0 radical (unpaired) electrons. The van der Waals surface area contributed by atoms with Gasteiger partial charge in [-0.15, -0.1) is 0 Å². The van der Waals surface area contributed by atoms with Gasteiger partial charge in [-0.05, 0) is 51.5 Å². The maximum atomic E-state index is 12.9. The van der Waals surface area contributed by atoms with Crippen LogP contribution in [0.1, 0.15) is 57.8 Å². The van der Waals surface area contributed by atoms with Crippen molar-refractivity contribution in [1.29, 1.82) is 5.26 Å². The van der Waals surface area contributed by atoms with Crippen molar-refractivity contribution < 1.29 is 19.1 Å². The zero-order valence-corrected chi connectivity index (χ0v) is 22.3. The minimum Gasteiger partial charge on any atom is -0.466 e. The molecule has 0 saturated carbocycles. The maximum Gasteiger partial charge on any atom is 0.302 e. The number of carbonyl (C=O) groups is 3. The van der Waals surface area contributed by atoms with E-state index in [1.165, 1.54) is 18.7 Å². The second kappa shape index (κ2) is 13.6. The molecule has 2 aromatic rings. The van der Waals surface area contributed by atoms with E-state index in [0.717, 1.165) is 29.4 Å². The molecule has 0 bridgehead atoms. The number of nitrogens with zero attached hydrogens (tertiary/aromatic N) is 2. The number of nitrogens with two attached hydrogens (primary N) is 1. The fraction of sp³-hybridized carbons (Fsp3) is 0.462. The standard InChI is InChI=1S/C22H27N5O2S.C4H8O2/c1-4-5-8-27-21(29)19(30-22(27)13(2)11-23)9-14(3)26-15-6-7-18-16(10-15)17(12-25-18)20(24)28;1-3-6-4(2)5/h6-7,9-10,12-14,22,25-26H,4-5,8H2,1-3H3,(H2,24,28);3H2,1-2H3. The first kappa shape index (κ1) is 28.8. The Kier molecular flexibility index (Phi) is 10.9. The number of amides is 2. The molecule has 3 rings (SSSR count). The minimum atomic E-state index is -0.480. The molecular weight excluding hydrogens is 478 g/mol. The first-order valence-electron chi connectivity index (χ1n) is 12.0. The van der Waals surface area contributed by atoms with Gasteiger partial charge in [0.25, 0.3) is 11.8 Å². The number of primary amides is 1. The second-order valence-corrected chi connectivity index (χ2v) is 9.65. The Labute approximate surface area is 216 Å². The normalized spacial score (nSPS) is 17.8. The zero-order chi connectivity index (χ0) is 26.8. The third kappa shape index (κ3) is 7.52. The van der Waals surface area contributed by atoms with Gasteiger partial charge in [0.2, 0.25) is 0 Å². The maximum absolute atomic E-state index is 12.9. The SMILES string of the molecule is CCCCN1C(=O)C(=CC(C)Nc2ccc3[nH]cc(C(N)=O)c3c2)SC1C(C)C#N.CCOC(C)=O. The highest BCUT2D eigenvalue weighted by molar-refractivity contribution is 8.05. The molecule has 1 saturated heterocycles. The van der Waals surface area contributed by atoms with Crippen LogP contribution in [-0.2, 0) is 14.3 Å². The molecule has 0 aliphatic carbocycles. The van der Waals surface area contributed by atoms with Gasteiger partial charge in [0, 0.05) is 42.3 Å². The summed E-state index contributed by atoms with van der Waals surface area (Å²) in [5, 5.41) is 13.3. The van der Waals surface area contributed by atoms with Crippen molar-refractivity contribution in [2.24, 2.45) is 11.7 Å². The van der Waals surface area contributed by atoms with Crippen molar-refractivity contribution in [2.75, 3.05) is 18.5 Å². The Hall–Kier alpha value is -3.45. The lowest BCUT2D eigenvalue weighted by molar-refractivity contribution is -0.140. The highest BCUT2D eigenvalue weighted by atomic mass is 32.2. The molecule has 4 N–H and O–H groups in total. The number of anilines is 1. The molecule has 1 aliphatic rings. The van der Waals surface area contributed by atoms with E-state index in [1.54, 1.807) is 13.1 Å². The Morgan fingerprint density at radius 3 is 2.64 bits per heavy atom. The molecule has 3 unspecified atom stereocenters. The molecule has 0 spiro atoms. The fourth-order valence-electron chi connectivity index (χ4n) is 3.75. The van der Waals surface area contributed by atoms with Crippen molar-refractivity contribution in [1.82, 2.24) is 9.88 Å². The Morgan fingerprint density at radius 2 is 2.08 bits per heavy atom. The molecule has 3 atom stereocenters. The van der Waals surface area contributed by atoms with Gasteiger partial charge in [0.1, 0.15) is 0 Å². The largest absolute Gasteiger partial charge is 0.466 e. The molecule has 9 nitrogen and oxygen atoms in total. The quantitative estimate of drug-likeness (QED) is 0.334. The average Bonchev–Trinajstić information content (AvgIpc) is 3.38. The van der Waals surface area contributed by atoms with Crippen molar-refractivity contribution in [3.8, 4) is 6.07 Å². The third-order valence-electron chi connectivity index (χ3n) is 5.50. The van der Waals surface area contributed by atoms with Crippen LogP contribution in [0.3, 0.4) is 0 Å². The summed E-state index contributed by atoms with van der Waals surface area (Å²) in [4.78, 5) is 39.9. The van der Waals surface area contributed by atoms with Crippen molar-refractivity contribution in [2.45, 2.75) is 58.9 Å². The number of carbonyl (C=O) groups excluding carboxylic acids is 3. The summed E-state index contributed by atoms with van der Waals surface area (Å²) in [6.45, 7) is 10.2. The lowest BCUT2D eigenvalue weighted by Gasteiger charge is -2.24. The van der Waals surface area contributed by atoms with Gasteiger partial charge in [0.05, 0.1) is 34.4 Å². The number of nitriles is 1. The molecular formula is C26H35N5O4S. The molecule has 36 heavy (non-hydrogen) atoms. The third-order valence-corrected chi connectivity index (χ3v) is 6.97. The van der Waals surface area contributed by atoms with Gasteiger partial charge in [0.15, 0.2) is 0 Å². The molecule has 194 valence electrons. The van der Waals surface area contributed by atoms with Crippen LogP contribution in [0.15, 0.2) is 35.4 Å². The zero-order valence-electron chi connectivity index (χ0n) is 21.5. The number of rotatable bonds is 9. The average molecular weight is 514 g/mol. The van der Waals surface area contributed by atoms with Crippen LogP contribution >= 0.6 is 11.8 Å². The van der Waals surface area contributed by atoms with Crippen molar-refractivity contribution in [3.05, 3.63) is 40.9 Å². The molecule has 1 aliphatic heterocycles. The number of aromatic amines is 1. The number of unbranched alkanes of at least 4 members (excludes halogenated alkanes) is 1. The number of hydrogen-bond donors (Lipinski definition) is 3. The highest BCUT2D eigenvalue weighted by Gasteiger charge is 2.39. The van der Waals surface area contributed by atoms with E-state index in [2.05, 4.69) is 28.0 Å². The Balaban J connectivity index is 0.000000678. The number of H-pyrrole nitrogens is 1. The van der Waals surface area contributed by atoms with E-state index < -0.39 is 5.91 Å². The number of esters is 1.